The van der Waals surface area contributed by atoms with Crippen LogP contribution in [-0.4, -0.2) is 65.2 Å². The molecule has 4 rings (SSSR count). The molecule has 7 atom stereocenters. The number of rotatable bonds is 4. The van der Waals surface area contributed by atoms with Crippen molar-refractivity contribution < 1.29 is 33.9 Å². The Hall–Kier alpha value is -0.280. The molecule has 1 unspecified atom stereocenters. The van der Waals surface area contributed by atoms with Crippen molar-refractivity contribution in [3.05, 3.63) is 0 Å². The van der Waals surface area contributed by atoms with Crippen LogP contribution in [-0.2, 0) is 23.7 Å². The fourth-order valence-corrected chi connectivity index (χ4v) is 4.89. The molecule has 3 heterocycles. The van der Waals surface area contributed by atoms with Crippen LogP contribution in [0, 0.1) is 0 Å². The normalized spacial score (nSPS) is 48.0. The van der Waals surface area contributed by atoms with E-state index in [0.29, 0.717) is 13.0 Å². The van der Waals surface area contributed by atoms with Crippen molar-refractivity contribution in [2.75, 3.05) is 6.61 Å². The molecule has 1 saturated carbocycles. The molecule has 0 radical (unpaired) electrons. The number of hydrogen-bond donors (Lipinski definition) is 2. The molecule has 3 aliphatic heterocycles. The third kappa shape index (κ3) is 3.21. The molecule has 0 bridgehead atoms. The summed E-state index contributed by atoms with van der Waals surface area (Å²) in [7, 11) is 0. The molecule has 4 fully saturated rings. The zero-order valence-electron chi connectivity index (χ0n) is 15.8. The standard InChI is InChI=1S/C19H32O7/c1-3-8-18(4-2)25-15-13(20)17(21)23-14(16(15)26-18)12-11-22-19(24-12)9-6-5-7-10-19/h12-17,20-21H,3-11H2,1-2H3/t12-,13-,14+,15+,16-,17-,18?/m1/s1. The molecule has 3 saturated heterocycles. The predicted octanol–water partition coefficient (Wildman–Crippen LogP) is 1.83. The van der Waals surface area contributed by atoms with Gasteiger partial charge in [0, 0.05) is 19.3 Å². The van der Waals surface area contributed by atoms with E-state index < -0.39 is 42.3 Å². The predicted molar refractivity (Wildman–Crippen MR) is 91.2 cm³/mol. The summed E-state index contributed by atoms with van der Waals surface area (Å²) in [6, 6.07) is 0. The zero-order chi connectivity index (χ0) is 18.4. The first-order valence-electron chi connectivity index (χ1n) is 10.2. The summed E-state index contributed by atoms with van der Waals surface area (Å²) in [5.74, 6) is -1.26. The molecule has 2 N–H and O–H groups in total. The Balaban J connectivity index is 1.52. The largest absolute Gasteiger partial charge is 0.385 e. The van der Waals surface area contributed by atoms with Crippen LogP contribution < -0.4 is 0 Å². The van der Waals surface area contributed by atoms with Gasteiger partial charge in [0.05, 0.1) is 6.61 Å². The van der Waals surface area contributed by atoms with Crippen LogP contribution in [0.2, 0.25) is 0 Å². The number of aliphatic hydroxyl groups excluding tert-OH is 2. The molecule has 150 valence electrons. The first kappa shape index (κ1) is 19.1. The molecule has 1 aliphatic carbocycles. The molecule has 0 aromatic heterocycles. The van der Waals surface area contributed by atoms with Crippen LogP contribution in [0.1, 0.15) is 65.2 Å². The third-order valence-corrected chi connectivity index (χ3v) is 6.30. The first-order valence-corrected chi connectivity index (χ1v) is 10.2. The fourth-order valence-electron chi connectivity index (χ4n) is 4.89. The molecule has 0 aromatic carbocycles. The summed E-state index contributed by atoms with van der Waals surface area (Å²) in [5, 5.41) is 20.6. The highest BCUT2D eigenvalue weighted by molar-refractivity contribution is 5.01. The van der Waals surface area contributed by atoms with Crippen LogP contribution in [0.4, 0.5) is 0 Å². The van der Waals surface area contributed by atoms with Gasteiger partial charge in [-0.15, -0.1) is 0 Å². The van der Waals surface area contributed by atoms with Crippen LogP contribution in [0.25, 0.3) is 0 Å². The Morgan fingerprint density at radius 3 is 2.35 bits per heavy atom. The van der Waals surface area contributed by atoms with E-state index in [1.165, 1.54) is 6.42 Å². The minimum absolute atomic E-state index is 0.333. The van der Waals surface area contributed by atoms with E-state index in [4.69, 9.17) is 23.7 Å². The van der Waals surface area contributed by atoms with E-state index in [0.717, 1.165) is 38.5 Å². The smallest absolute Gasteiger partial charge is 0.184 e. The quantitative estimate of drug-likeness (QED) is 0.778. The first-order chi connectivity index (χ1) is 12.5. The van der Waals surface area contributed by atoms with Crippen molar-refractivity contribution in [2.45, 2.75) is 114 Å². The Labute approximate surface area is 154 Å². The number of ether oxygens (including phenoxy) is 5. The molecule has 0 aromatic rings. The lowest BCUT2D eigenvalue weighted by atomic mass is 9.94. The summed E-state index contributed by atoms with van der Waals surface area (Å²) in [4.78, 5) is 0. The van der Waals surface area contributed by atoms with Crippen LogP contribution in [0.15, 0.2) is 0 Å². The van der Waals surface area contributed by atoms with Crippen LogP contribution in [0.3, 0.4) is 0 Å². The van der Waals surface area contributed by atoms with Gasteiger partial charge in [-0.3, -0.25) is 0 Å². The molecule has 1 spiro atoms. The number of hydrogen-bond acceptors (Lipinski definition) is 7. The highest BCUT2D eigenvalue weighted by atomic mass is 16.8. The molecular formula is C19H32O7. The molecule has 4 aliphatic rings. The second-order valence-corrected chi connectivity index (χ2v) is 8.10. The lowest BCUT2D eigenvalue weighted by Crippen LogP contribution is -2.60. The van der Waals surface area contributed by atoms with Crippen molar-refractivity contribution in [3.8, 4) is 0 Å². The third-order valence-electron chi connectivity index (χ3n) is 6.30. The van der Waals surface area contributed by atoms with Gasteiger partial charge in [-0.1, -0.05) is 26.7 Å². The monoisotopic (exact) mass is 372 g/mol. The minimum Gasteiger partial charge on any atom is -0.385 e. The molecule has 7 heteroatoms. The maximum absolute atomic E-state index is 10.4. The van der Waals surface area contributed by atoms with E-state index in [9.17, 15) is 10.2 Å². The summed E-state index contributed by atoms with van der Waals surface area (Å²) < 4.78 is 30.5. The molecule has 0 amide bonds. The van der Waals surface area contributed by atoms with Gasteiger partial charge in [-0.05, 0) is 19.3 Å². The second-order valence-electron chi connectivity index (χ2n) is 8.10. The summed E-state index contributed by atoms with van der Waals surface area (Å²) in [5.41, 5.74) is 0. The maximum atomic E-state index is 10.4. The maximum Gasteiger partial charge on any atom is 0.184 e. The van der Waals surface area contributed by atoms with Crippen molar-refractivity contribution in [3.63, 3.8) is 0 Å². The second kappa shape index (κ2) is 7.28. The van der Waals surface area contributed by atoms with Crippen LogP contribution >= 0.6 is 0 Å². The lowest BCUT2D eigenvalue weighted by Gasteiger charge is -2.40. The Bertz CT molecular complexity index is 494. The van der Waals surface area contributed by atoms with Gasteiger partial charge in [0.15, 0.2) is 17.9 Å². The van der Waals surface area contributed by atoms with E-state index in [-0.39, 0.29) is 6.10 Å². The number of aliphatic hydroxyl groups is 2. The van der Waals surface area contributed by atoms with E-state index in [1.54, 1.807) is 0 Å². The zero-order valence-corrected chi connectivity index (χ0v) is 15.8. The van der Waals surface area contributed by atoms with E-state index >= 15 is 0 Å². The topological polar surface area (TPSA) is 86.6 Å². The number of fused-ring (bicyclic) bond motifs is 1. The lowest BCUT2D eigenvalue weighted by molar-refractivity contribution is -0.284. The summed E-state index contributed by atoms with van der Waals surface area (Å²) in [6.07, 6.45) is 3.10. The fraction of sp³-hybridized carbons (Fsp3) is 1.00. The average Bonchev–Trinajstić information content (AvgIpc) is 3.22. The SMILES string of the molecule is CCCC1(CC)O[C@@H]2[C@H]([C@H]3COC4(CCCCC4)O3)O[C@@H](O)[C@H](O)[C@@H]2O1. The Kier molecular flexibility index (Phi) is 5.33. The van der Waals surface area contributed by atoms with Gasteiger partial charge >= 0.3 is 0 Å². The summed E-state index contributed by atoms with van der Waals surface area (Å²) >= 11 is 0. The van der Waals surface area contributed by atoms with Gasteiger partial charge in [0.2, 0.25) is 0 Å². The molecule has 26 heavy (non-hydrogen) atoms. The van der Waals surface area contributed by atoms with Crippen molar-refractivity contribution in [1.82, 2.24) is 0 Å². The van der Waals surface area contributed by atoms with Crippen molar-refractivity contribution in [1.29, 1.82) is 0 Å². The van der Waals surface area contributed by atoms with Gasteiger partial charge in [0.25, 0.3) is 0 Å². The minimum atomic E-state index is -1.31. The molecule has 7 nitrogen and oxygen atoms in total. The summed E-state index contributed by atoms with van der Waals surface area (Å²) in [6.45, 7) is 4.50. The van der Waals surface area contributed by atoms with Crippen molar-refractivity contribution >= 4 is 0 Å². The highest BCUT2D eigenvalue weighted by Crippen LogP contribution is 2.45. The van der Waals surface area contributed by atoms with Gasteiger partial charge in [-0.2, -0.15) is 0 Å². The van der Waals surface area contributed by atoms with E-state index in [2.05, 4.69) is 6.92 Å². The molecular weight excluding hydrogens is 340 g/mol. The Morgan fingerprint density at radius 2 is 1.65 bits per heavy atom. The van der Waals surface area contributed by atoms with Crippen molar-refractivity contribution in [2.24, 2.45) is 0 Å². The average molecular weight is 372 g/mol. The van der Waals surface area contributed by atoms with E-state index in [1.807, 2.05) is 6.92 Å². The van der Waals surface area contributed by atoms with Gasteiger partial charge in [-0.25, -0.2) is 0 Å². The van der Waals surface area contributed by atoms with Crippen LogP contribution in [0.5, 0.6) is 0 Å². The van der Waals surface area contributed by atoms with Gasteiger partial charge in [0.1, 0.15) is 30.5 Å². The highest BCUT2D eigenvalue weighted by Gasteiger charge is 2.60. The Morgan fingerprint density at radius 1 is 0.923 bits per heavy atom. The van der Waals surface area contributed by atoms with Gasteiger partial charge < -0.3 is 33.9 Å².